The molecule has 0 saturated heterocycles. The Balaban J connectivity index is 1.57. The van der Waals surface area contributed by atoms with Crippen LogP contribution in [0.2, 0.25) is 0 Å². The molecule has 0 aliphatic heterocycles. The van der Waals surface area contributed by atoms with E-state index in [1.165, 1.54) is 38.5 Å². The second-order valence-corrected chi connectivity index (χ2v) is 5.48. The lowest BCUT2D eigenvalue weighted by atomic mass is 10.00. The van der Waals surface area contributed by atoms with Crippen LogP contribution in [0.5, 0.6) is 0 Å². The Labute approximate surface area is 98.4 Å². The van der Waals surface area contributed by atoms with Crippen molar-refractivity contribution in [3.63, 3.8) is 0 Å². The Morgan fingerprint density at radius 3 is 2.56 bits per heavy atom. The van der Waals surface area contributed by atoms with Crippen molar-refractivity contribution in [2.45, 2.75) is 51.5 Å². The zero-order chi connectivity index (χ0) is 11.4. The second-order valence-electron chi connectivity index (χ2n) is 5.48. The van der Waals surface area contributed by atoms with Crippen LogP contribution >= 0.6 is 0 Å². The standard InChI is InChI=1S/C13H24N2O/c1-10(12-4-2-3-5-12)15-13(16)9-14-8-11-6-7-11/h10-12,14H,2-9H2,1H3,(H,15,16)/t10-/m0/s1. The summed E-state index contributed by atoms with van der Waals surface area (Å²) < 4.78 is 0. The average Bonchev–Trinajstić information content (AvgIpc) is 2.91. The third-order valence-electron chi connectivity index (χ3n) is 3.91. The number of rotatable bonds is 6. The van der Waals surface area contributed by atoms with Gasteiger partial charge in [0.05, 0.1) is 6.54 Å². The van der Waals surface area contributed by atoms with E-state index in [2.05, 4.69) is 17.6 Å². The minimum atomic E-state index is 0.167. The molecule has 0 heterocycles. The van der Waals surface area contributed by atoms with Gasteiger partial charge in [0.2, 0.25) is 5.91 Å². The van der Waals surface area contributed by atoms with Crippen LogP contribution < -0.4 is 10.6 Å². The van der Waals surface area contributed by atoms with Gasteiger partial charge in [-0.05, 0) is 51.0 Å². The number of amides is 1. The lowest BCUT2D eigenvalue weighted by Gasteiger charge is -2.20. The maximum absolute atomic E-state index is 11.6. The van der Waals surface area contributed by atoms with Crippen LogP contribution in [0.3, 0.4) is 0 Å². The molecule has 3 nitrogen and oxygen atoms in total. The molecule has 2 N–H and O–H groups in total. The Hall–Kier alpha value is -0.570. The van der Waals surface area contributed by atoms with Crippen LogP contribution in [0.1, 0.15) is 45.4 Å². The van der Waals surface area contributed by atoms with E-state index < -0.39 is 0 Å². The smallest absolute Gasteiger partial charge is 0.234 e. The van der Waals surface area contributed by atoms with Crippen molar-refractivity contribution in [2.75, 3.05) is 13.1 Å². The summed E-state index contributed by atoms with van der Waals surface area (Å²) in [6.07, 6.45) is 7.93. The summed E-state index contributed by atoms with van der Waals surface area (Å²) in [5, 5.41) is 6.35. The van der Waals surface area contributed by atoms with Crippen LogP contribution in [0.15, 0.2) is 0 Å². The molecule has 2 fully saturated rings. The lowest BCUT2D eigenvalue weighted by molar-refractivity contribution is -0.121. The third-order valence-corrected chi connectivity index (χ3v) is 3.91. The molecule has 3 heteroatoms. The third kappa shape index (κ3) is 3.78. The summed E-state index contributed by atoms with van der Waals surface area (Å²) in [6.45, 7) is 3.66. The molecule has 0 unspecified atom stereocenters. The molecule has 0 aromatic heterocycles. The maximum Gasteiger partial charge on any atom is 0.234 e. The van der Waals surface area contributed by atoms with E-state index in [4.69, 9.17) is 0 Å². The van der Waals surface area contributed by atoms with Crippen molar-refractivity contribution in [3.8, 4) is 0 Å². The van der Waals surface area contributed by atoms with E-state index in [-0.39, 0.29) is 5.91 Å². The van der Waals surface area contributed by atoms with Gasteiger partial charge < -0.3 is 10.6 Å². The second kappa shape index (κ2) is 5.67. The quantitative estimate of drug-likeness (QED) is 0.721. The van der Waals surface area contributed by atoms with Crippen molar-refractivity contribution in [1.29, 1.82) is 0 Å². The number of hydrogen-bond donors (Lipinski definition) is 2. The van der Waals surface area contributed by atoms with Crippen molar-refractivity contribution in [3.05, 3.63) is 0 Å². The zero-order valence-corrected chi connectivity index (χ0v) is 10.3. The Bertz CT molecular complexity index is 232. The minimum Gasteiger partial charge on any atom is -0.352 e. The minimum absolute atomic E-state index is 0.167. The van der Waals surface area contributed by atoms with E-state index in [0.29, 0.717) is 18.5 Å². The molecule has 16 heavy (non-hydrogen) atoms. The molecule has 92 valence electrons. The van der Waals surface area contributed by atoms with Crippen LogP contribution in [0, 0.1) is 11.8 Å². The molecule has 2 aliphatic rings. The Morgan fingerprint density at radius 1 is 1.25 bits per heavy atom. The number of nitrogens with one attached hydrogen (secondary N) is 2. The molecule has 1 atom stereocenters. The largest absolute Gasteiger partial charge is 0.352 e. The first-order valence-corrected chi connectivity index (χ1v) is 6.76. The topological polar surface area (TPSA) is 41.1 Å². The van der Waals surface area contributed by atoms with E-state index in [9.17, 15) is 4.79 Å². The van der Waals surface area contributed by atoms with Gasteiger partial charge in [0, 0.05) is 6.04 Å². The molecule has 2 rings (SSSR count). The number of carbonyl (C=O) groups excluding carboxylic acids is 1. The normalized spacial score (nSPS) is 23.3. The van der Waals surface area contributed by atoms with Crippen LogP contribution in [0.4, 0.5) is 0 Å². The van der Waals surface area contributed by atoms with Crippen LogP contribution in [-0.4, -0.2) is 25.0 Å². The molecule has 2 saturated carbocycles. The molecule has 0 bridgehead atoms. The van der Waals surface area contributed by atoms with Gasteiger partial charge in [-0.15, -0.1) is 0 Å². The van der Waals surface area contributed by atoms with E-state index in [1.54, 1.807) is 0 Å². The number of carbonyl (C=O) groups is 1. The zero-order valence-electron chi connectivity index (χ0n) is 10.3. The van der Waals surface area contributed by atoms with Crippen molar-refractivity contribution >= 4 is 5.91 Å². The van der Waals surface area contributed by atoms with E-state index >= 15 is 0 Å². The first kappa shape index (κ1) is 11.9. The lowest BCUT2D eigenvalue weighted by Crippen LogP contribution is -2.42. The predicted molar refractivity (Wildman–Crippen MR) is 65.2 cm³/mol. The van der Waals surface area contributed by atoms with Crippen molar-refractivity contribution in [2.24, 2.45) is 11.8 Å². The molecule has 0 spiro atoms. The van der Waals surface area contributed by atoms with Crippen molar-refractivity contribution < 1.29 is 4.79 Å². The molecule has 0 radical (unpaired) electrons. The Morgan fingerprint density at radius 2 is 1.94 bits per heavy atom. The maximum atomic E-state index is 11.6. The van der Waals surface area contributed by atoms with Gasteiger partial charge in [-0.1, -0.05) is 12.8 Å². The molecule has 1 amide bonds. The molecular weight excluding hydrogens is 200 g/mol. The monoisotopic (exact) mass is 224 g/mol. The summed E-state index contributed by atoms with van der Waals surface area (Å²) in [5.74, 6) is 1.73. The molecule has 0 aromatic rings. The van der Waals surface area contributed by atoms with E-state index in [0.717, 1.165) is 12.5 Å². The molecule has 0 aromatic carbocycles. The first-order valence-electron chi connectivity index (χ1n) is 6.76. The van der Waals surface area contributed by atoms with Gasteiger partial charge in [-0.2, -0.15) is 0 Å². The van der Waals surface area contributed by atoms with Gasteiger partial charge in [0.25, 0.3) is 0 Å². The highest BCUT2D eigenvalue weighted by atomic mass is 16.1. The predicted octanol–water partition coefficient (Wildman–Crippen LogP) is 1.68. The first-order chi connectivity index (χ1) is 7.75. The Kier molecular flexibility index (Phi) is 4.22. The molecule has 2 aliphatic carbocycles. The fourth-order valence-corrected chi connectivity index (χ4v) is 2.59. The van der Waals surface area contributed by atoms with Gasteiger partial charge in [0.1, 0.15) is 0 Å². The van der Waals surface area contributed by atoms with Gasteiger partial charge >= 0.3 is 0 Å². The van der Waals surface area contributed by atoms with Gasteiger partial charge in [-0.3, -0.25) is 4.79 Å². The fourth-order valence-electron chi connectivity index (χ4n) is 2.59. The van der Waals surface area contributed by atoms with Gasteiger partial charge in [-0.25, -0.2) is 0 Å². The summed E-state index contributed by atoms with van der Waals surface area (Å²) in [6, 6.07) is 0.359. The number of hydrogen-bond acceptors (Lipinski definition) is 2. The highest BCUT2D eigenvalue weighted by Gasteiger charge is 2.23. The van der Waals surface area contributed by atoms with Crippen LogP contribution in [-0.2, 0) is 4.79 Å². The van der Waals surface area contributed by atoms with Gasteiger partial charge in [0.15, 0.2) is 0 Å². The average molecular weight is 224 g/mol. The summed E-state index contributed by atoms with van der Waals surface area (Å²) in [7, 11) is 0. The van der Waals surface area contributed by atoms with Crippen molar-refractivity contribution in [1.82, 2.24) is 10.6 Å². The summed E-state index contributed by atoms with van der Waals surface area (Å²) >= 11 is 0. The summed E-state index contributed by atoms with van der Waals surface area (Å²) in [5.41, 5.74) is 0. The summed E-state index contributed by atoms with van der Waals surface area (Å²) in [4.78, 5) is 11.6. The fraction of sp³-hybridized carbons (Fsp3) is 0.923. The highest BCUT2D eigenvalue weighted by molar-refractivity contribution is 5.78. The highest BCUT2D eigenvalue weighted by Crippen LogP contribution is 2.28. The molecular formula is C13H24N2O. The SMILES string of the molecule is C[C@H](NC(=O)CNCC1CC1)C1CCCC1. The van der Waals surface area contributed by atoms with E-state index in [1.807, 2.05) is 0 Å². The van der Waals surface area contributed by atoms with Crippen LogP contribution in [0.25, 0.3) is 0 Å².